The van der Waals surface area contributed by atoms with Gasteiger partial charge < -0.3 is 31.8 Å². The summed E-state index contributed by atoms with van der Waals surface area (Å²) in [5.74, 6) is -3.41. The van der Waals surface area contributed by atoms with E-state index in [9.17, 15) is 24.3 Å². The third-order valence-corrected chi connectivity index (χ3v) is 6.68. The highest BCUT2D eigenvalue weighted by Gasteiger charge is 2.33. The maximum atomic E-state index is 13.4. The van der Waals surface area contributed by atoms with Gasteiger partial charge in [-0.25, -0.2) is 4.79 Å². The largest absolute Gasteiger partial charge is 0.480 e. The molecule has 36 heavy (non-hydrogen) atoms. The monoisotopic (exact) mass is 519 g/mol. The number of carboxylic acid groups (broad SMARTS) is 1. The second-order valence-corrected chi connectivity index (χ2v) is 9.72. The summed E-state index contributed by atoms with van der Waals surface area (Å²) in [7, 11) is 0. The highest BCUT2D eigenvalue weighted by molar-refractivity contribution is 7.80. The number of benzene rings is 1. The highest BCUT2D eigenvalue weighted by Crippen LogP contribution is 2.19. The van der Waals surface area contributed by atoms with Crippen LogP contribution in [0.5, 0.6) is 0 Å². The topological polar surface area (TPSA) is 166 Å². The van der Waals surface area contributed by atoms with E-state index in [1.165, 1.54) is 0 Å². The van der Waals surface area contributed by atoms with Crippen molar-refractivity contribution in [2.75, 3.05) is 5.75 Å². The Balaban J connectivity index is 2.28. The molecule has 0 fully saturated rings. The highest BCUT2D eigenvalue weighted by atomic mass is 32.1. The van der Waals surface area contributed by atoms with Crippen molar-refractivity contribution in [1.29, 1.82) is 0 Å². The lowest BCUT2D eigenvalue weighted by Crippen LogP contribution is -2.59. The third kappa shape index (κ3) is 7.47. The Morgan fingerprint density at radius 1 is 1.00 bits per heavy atom. The first-order valence-corrected chi connectivity index (χ1v) is 12.7. The number of rotatable bonds is 13. The average molecular weight is 520 g/mol. The number of hydrogen-bond donors (Lipinski definition) is 7. The predicted octanol–water partition coefficient (Wildman–Crippen LogP) is 1.21. The number of hydrogen-bond acceptors (Lipinski definition) is 6. The second-order valence-electron chi connectivity index (χ2n) is 9.35. The Bertz CT molecular complexity index is 1070. The van der Waals surface area contributed by atoms with Crippen molar-refractivity contribution in [3.05, 3.63) is 36.0 Å². The molecule has 3 amide bonds. The van der Waals surface area contributed by atoms with Gasteiger partial charge in [-0.2, -0.15) is 12.6 Å². The maximum Gasteiger partial charge on any atom is 0.326 e. The van der Waals surface area contributed by atoms with E-state index in [4.69, 9.17) is 5.73 Å². The fourth-order valence-electron chi connectivity index (χ4n) is 3.81. The van der Waals surface area contributed by atoms with Gasteiger partial charge in [0.25, 0.3) is 0 Å². The first-order valence-electron chi connectivity index (χ1n) is 12.0. The van der Waals surface area contributed by atoms with Crippen LogP contribution in [-0.4, -0.2) is 63.7 Å². The van der Waals surface area contributed by atoms with Gasteiger partial charge in [0.05, 0.1) is 6.04 Å². The van der Waals surface area contributed by atoms with Crippen LogP contribution in [0.15, 0.2) is 30.5 Å². The molecule has 2 aromatic rings. The number of carboxylic acids is 1. The molecule has 1 aromatic heterocycles. The summed E-state index contributed by atoms with van der Waals surface area (Å²) >= 11 is 4.06. The van der Waals surface area contributed by atoms with Crippen molar-refractivity contribution in [3.8, 4) is 0 Å². The van der Waals surface area contributed by atoms with Crippen LogP contribution in [0, 0.1) is 11.8 Å². The van der Waals surface area contributed by atoms with Gasteiger partial charge in [-0.05, 0) is 23.5 Å². The fraction of sp³-hybridized carbons (Fsp3) is 0.520. The zero-order valence-corrected chi connectivity index (χ0v) is 22.0. The number of aromatic amines is 1. The molecule has 0 aliphatic heterocycles. The summed E-state index contributed by atoms with van der Waals surface area (Å²) in [5.41, 5.74) is 7.49. The summed E-state index contributed by atoms with van der Waals surface area (Å²) < 4.78 is 0. The van der Waals surface area contributed by atoms with Crippen LogP contribution in [0.2, 0.25) is 0 Å². The van der Waals surface area contributed by atoms with Gasteiger partial charge in [0, 0.05) is 29.3 Å². The minimum Gasteiger partial charge on any atom is -0.480 e. The summed E-state index contributed by atoms with van der Waals surface area (Å²) in [6.07, 6.45) is 2.48. The zero-order chi connectivity index (χ0) is 27.0. The number of nitrogens with two attached hydrogens (primary N) is 1. The van der Waals surface area contributed by atoms with E-state index >= 15 is 0 Å². The van der Waals surface area contributed by atoms with Gasteiger partial charge in [-0.3, -0.25) is 14.4 Å². The van der Waals surface area contributed by atoms with Crippen molar-refractivity contribution in [2.24, 2.45) is 17.6 Å². The van der Waals surface area contributed by atoms with Crippen LogP contribution in [0.3, 0.4) is 0 Å². The number of para-hydroxylation sites is 1. The van der Waals surface area contributed by atoms with Gasteiger partial charge in [0.1, 0.15) is 18.1 Å². The maximum absolute atomic E-state index is 13.4. The van der Waals surface area contributed by atoms with Crippen LogP contribution in [-0.2, 0) is 25.6 Å². The second kappa shape index (κ2) is 13.3. The van der Waals surface area contributed by atoms with Gasteiger partial charge in [-0.1, -0.05) is 52.3 Å². The molecular formula is C25H37N5O5S. The van der Waals surface area contributed by atoms with Crippen molar-refractivity contribution < 1.29 is 24.3 Å². The number of carbonyl (C=O) groups excluding carboxylic acids is 3. The number of aromatic nitrogens is 1. The minimum atomic E-state index is -1.14. The Morgan fingerprint density at radius 3 is 2.22 bits per heavy atom. The average Bonchev–Trinajstić information content (AvgIpc) is 3.26. The molecule has 5 unspecified atom stereocenters. The number of carbonyl (C=O) groups is 4. The molecule has 11 heteroatoms. The SMILES string of the molecule is CCC(C)C(NC(=O)C(NC(=O)C(Cc1c[nH]c2ccccc12)NC(=O)C(N)CS)C(C)C)C(=O)O. The molecule has 2 rings (SSSR count). The van der Waals surface area contributed by atoms with Crippen molar-refractivity contribution >= 4 is 47.2 Å². The molecule has 0 aliphatic carbocycles. The number of aliphatic carboxylic acids is 1. The van der Waals surface area contributed by atoms with Gasteiger partial charge in [-0.15, -0.1) is 0 Å². The van der Waals surface area contributed by atoms with Crippen molar-refractivity contribution in [1.82, 2.24) is 20.9 Å². The molecule has 10 nitrogen and oxygen atoms in total. The lowest BCUT2D eigenvalue weighted by Gasteiger charge is -2.28. The standard InChI is InChI=1S/C25H37N5O5S/c1-5-14(4)21(25(34)35)30-24(33)20(13(2)3)29-23(32)19(28-22(31)17(26)12-36)10-15-11-27-18-9-7-6-8-16(15)18/h6-9,11,13-14,17,19-21,27,36H,5,10,12,26H2,1-4H3,(H,28,31)(H,29,32)(H,30,33)(H,34,35). The van der Waals surface area contributed by atoms with Gasteiger partial charge in [0.15, 0.2) is 0 Å². The Kier molecular flexibility index (Phi) is 10.8. The molecule has 7 N–H and O–H groups in total. The summed E-state index contributed by atoms with van der Waals surface area (Å²) in [4.78, 5) is 53.8. The Labute approximate surface area is 216 Å². The fourth-order valence-corrected chi connectivity index (χ4v) is 3.97. The first kappa shape index (κ1) is 29.2. The third-order valence-electron chi connectivity index (χ3n) is 6.29. The lowest BCUT2D eigenvalue weighted by molar-refractivity contribution is -0.144. The van der Waals surface area contributed by atoms with E-state index in [1.807, 2.05) is 31.2 Å². The molecule has 0 saturated carbocycles. The summed E-state index contributed by atoms with van der Waals surface area (Å²) in [6, 6.07) is 3.53. The predicted molar refractivity (Wildman–Crippen MR) is 142 cm³/mol. The minimum absolute atomic E-state index is 0.0937. The van der Waals surface area contributed by atoms with E-state index in [1.54, 1.807) is 27.0 Å². The number of H-pyrrole nitrogens is 1. The summed E-state index contributed by atoms with van der Waals surface area (Å²) in [5, 5.41) is 18.4. The van der Waals surface area contributed by atoms with Crippen LogP contribution in [0.25, 0.3) is 10.9 Å². The Hall–Kier alpha value is -3.05. The lowest BCUT2D eigenvalue weighted by atomic mass is 9.97. The zero-order valence-electron chi connectivity index (χ0n) is 21.1. The van der Waals surface area contributed by atoms with Gasteiger partial charge in [0.2, 0.25) is 17.7 Å². The normalized spacial score (nSPS) is 15.5. The molecule has 0 bridgehead atoms. The molecule has 198 valence electrons. The van der Waals surface area contributed by atoms with Crippen molar-refractivity contribution in [2.45, 2.75) is 64.7 Å². The van der Waals surface area contributed by atoms with E-state index in [2.05, 4.69) is 33.6 Å². The molecule has 5 atom stereocenters. The molecule has 1 heterocycles. The molecule has 0 saturated heterocycles. The van der Waals surface area contributed by atoms with E-state index in [-0.39, 0.29) is 24.0 Å². The molecule has 0 aliphatic rings. The summed E-state index contributed by atoms with van der Waals surface area (Å²) in [6.45, 7) is 7.06. The first-order chi connectivity index (χ1) is 17.0. The number of nitrogens with one attached hydrogen (secondary N) is 4. The van der Waals surface area contributed by atoms with Gasteiger partial charge >= 0.3 is 5.97 Å². The van der Waals surface area contributed by atoms with Crippen LogP contribution in [0.1, 0.15) is 39.7 Å². The molecular weight excluding hydrogens is 482 g/mol. The van der Waals surface area contributed by atoms with E-state index in [0.717, 1.165) is 16.5 Å². The van der Waals surface area contributed by atoms with E-state index < -0.39 is 47.9 Å². The van der Waals surface area contributed by atoms with Crippen LogP contribution in [0.4, 0.5) is 0 Å². The van der Waals surface area contributed by atoms with Crippen LogP contribution >= 0.6 is 12.6 Å². The van der Waals surface area contributed by atoms with Crippen molar-refractivity contribution in [3.63, 3.8) is 0 Å². The quantitative estimate of drug-likeness (QED) is 0.196. The number of amides is 3. The smallest absolute Gasteiger partial charge is 0.326 e. The number of thiol groups is 1. The van der Waals surface area contributed by atoms with E-state index in [0.29, 0.717) is 6.42 Å². The molecule has 0 spiro atoms. The molecule has 0 radical (unpaired) electrons. The van der Waals surface area contributed by atoms with Crippen LogP contribution < -0.4 is 21.7 Å². The molecule has 1 aromatic carbocycles. The number of fused-ring (bicyclic) bond motifs is 1. The Morgan fingerprint density at radius 2 is 1.64 bits per heavy atom.